The summed E-state index contributed by atoms with van der Waals surface area (Å²) in [6.07, 6.45) is 6.69. The molecule has 0 atom stereocenters. The number of ketones is 1. The topological polar surface area (TPSA) is 106 Å². The number of hydrogen-bond donors (Lipinski definition) is 0. The highest BCUT2D eigenvalue weighted by molar-refractivity contribution is 6.32. The van der Waals surface area contributed by atoms with E-state index in [0.717, 1.165) is 23.6 Å². The molecule has 4 aromatic heterocycles. The van der Waals surface area contributed by atoms with E-state index in [2.05, 4.69) is 30.3 Å². The molecule has 162 valence electrons. The summed E-state index contributed by atoms with van der Waals surface area (Å²) in [6.45, 7) is 1.48. The summed E-state index contributed by atoms with van der Waals surface area (Å²) < 4.78 is 1.65. The van der Waals surface area contributed by atoms with E-state index in [4.69, 9.17) is 23.2 Å². The molecule has 0 aliphatic carbocycles. The molecule has 10 nitrogen and oxygen atoms in total. The van der Waals surface area contributed by atoms with Gasteiger partial charge in [0.1, 0.15) is 17.3 Å². The van der Waals surface area contributed by atoms with Crippen LogP contribution >= 0.6 is 23.2 Å². The SMILES string of the molecule is CN1CCN=C1c1c(CC(=O)Cc2cnc(-n3nccn3)c(Cl)c2)cnc2cc(Cl)nn12. The molecule has 0 aromatic carbocycles. The third kappa shape index (κ3) is 3.82. The van der Waals surface area contributed by atoms with Crippen LogP contribution in [0.2, 0.25) is 10.2 Å². The quantitative estimate of drug-likeness (QED) is 0.425. The summed E-state index contributed by atoms with van der Waals surface area (Å²) in [5, 5.41) is 13.1. The van der Waals surface area contributed by atoms with Gasteiger partial charge in [0.15, 0.2) is 16.6 Å². The Balaban J connectivity index is 1.42. The molecule has 32 heavy (non-hydrogen) atoms. The van der Waals surface area contributed by atoms with Crippen molar-refractivity contribution in [1.29, 1.82) is 0 Å². The highest BCUT2D eigenvalue weighted by Gasteiger charge is 2.24. The summed E-state index contributed by atoms with van der Waals surface area (Å²) in [7, 11) is 1.96. The molecule has 1 aliphatic rings. The van der Waals surface area contributed by atoms with Gasteiger partial charge in [-0.05, 0) is 11.6 Å². The molecule has 0 unspecified atom stereocenters. The van der Waals surface area contributed by atoms with Crippen LogP contribution in [0, 0.1) is 0 Å². The average molecular weight is 470 g/mol. The van der Waals surface area contributed by atoms with Crippen LogP contribution < -0.4 is 0 Å². The van der Waals surface area contributed by atoms with Gasteiger partial charge in [0.05, 0.1) is 24.0 Å². The molecule has 0 amide bonds. The van der Waals surface area contributed by atoms with Crippen molar-refractivity contribution in [3.05, 3.63) is 63.9 Å². The maximum absolute atomic E-state index is 13.0. The molecular formula is C20H17Cl2N9O. The Morgan fingerprint density at radius 1 is 1.09 bits per heavy atom. The summed E-state index contributed by atoms with van der Waals surface area (Å²) in [6, 6.07) is 3.38. The van der Waals surface area contributed by atoms with Gasteiger partial charge in [0, 0.05) is 50.5 Å². The van der Waals surface area contributed by atoms with Crippen molar-refractivity contribution >= 4 is 40.5 Å². The van der Waals surface area contributed by atoms with E-state index >= 15 is 0 Å². The number of carbonyl (C=O) groups excluding carboxylic acids is 1. The van der Waals surface area contributed by atoms with Crippen molar-refractivity contribution in [3.8, 4) is 5.82 Å². The van der Waals surface area contributed by atoms with Crippen molar-refractivity contribution in [2.75, 3.05) is 20.1 Å². The number of likely N-dealkylation sites (N-methyl/N-ethyl adjacent to an activating group) is 1. The van der Waals surface area contributed by atoms with E-state index in [1.54, 1.807) is 29.0 Å². The Morgan fingerprint density at radius 2 is 1.91 bits per heavy atom. The van der Waals surface area contributed by atoms with Crippen LogP contribution in [-0.4, -0.2) is 71.2 Å². The lowest BCUT2D eigenvalue weighted by Crippen LogP contribution is -2.28. The van der Waals surface area contributed by atoms with Crippen molar-refractivity contribution in [2.24, 2.45) is 4.99 Å². The largest absolute Gasteiger partial charge is 0.356 e. The summed E-state index contributed by atoms with van der Waals surface area (Å²) in [4.78, 5) is 29.6. The number of aromatic nitrogens is 7. The van der Waals surface area contributed by atoms with Crippen LogP contribution in [0.5, 0.6) is 0 Å². The zero-order valence-corrected chi connectivity index (χ0v) is 18.5. The van der Waals surface area contributed by atoms with E-state index in [-0.39, 0.29) is 18.6 Å². The number of hydrogen-bond acceptors (Lipinski definition) is 8. The fourth-order valence-corrected chi connectivity index (χ4v) is 4.08. The lowest BCUT2D eigenvalue weighted by atomic mass is 10.0. The third-order valence-corrected chi connectivity index (χ3v) is 5.54. The Labute approximate surface area is 192 Å². The number of aliphatic imine (C=N–C) groups is 1. The molecule has 0 N–H and O–H groups in total. The predicted octanol–water partition coefficient (Wildman–Crippen LogP) is 2.06. The number of rotatable bonds is 6. The maximum atomic E-state index is 13.0. The van der Waals surface area contributed by atoms with Gasteiger partial charge in [-0.1, -0.05) is 23.2 Å². The number of pyridine rings is 1. The van der Waals surface area contributed by atoms with Crippen molar-refractivity contribution < 1.29 is 4.79 Å². The highest BCUT2D eigenvalue weighted by Crippen LogP contribution is 2.21. The molecule has 12 heteroatoms. The predicted molar refractivity (Wildman–Crippen MR) is 119 cm³/mol. The van der Waals surface area contributed by atoms with Gasteiger partial charge in [-0.2, -0.15) is 15.3 Å². The van der Waals surface area contributed by atoms with Crippen molar-refractivity contribution in [1.82, 2.24) is 39.5 Å². The second-order valence-corrected chi connectivity index (χ2v) is 8.15. The maximum Gasteiger partial charge on any atom is 0.193 e. The van der Waals surface area contributed by atoms with E-state index in [9.17, 15) is 4.79 Å². The van der Waals surface area contributed by atoms with Crippen LogP contribution in [0.25, 0.3) is 11.5 Å². The molecule has 0 bridgehead atoms. The van der Waals surface area contributed by atoms with Gasteiger partial charge in [-0.15, -0.1) is 4.80 Å². The zero-order chi connectivity index (χ0) is 22.2. The van der Waals surface area contributed by atoms with Gasteiger partial charge in [-0.25, -0.2) is 14.5 Å². The standard InChI is InChI=1S/C20H17Cl2N9O/c1-29-5-4-23-20(29)18-13(11-24-17-9-16(22)28-30(17)18)8-14(32)6-12-7-15(21)19(25-10-12)31-26-2-3-27-31/h2-3,7,9-11H,4-6,8H2,1H3. The minimum Gasteiger partial charge on any atom is -0.356 e. The second-order valence-electron chi connectivity index (χ2n) is 7.36. The molecule has 0 saturated carbocycles. The van der Waals surface area contributed by atoms with Gasteiger partial charge < -0.3 is 4.90 Å². The fourth-order valence-electron chi connectivity index (χ4n) is 3.64. The zero-order valence-electron chi connectivity index (χ0n) is 17.0. The van der Waals surface area contributed by atoms with E-state index in [1.807, 2.05) is 11.9 Å². The normalized spacial score (nSPS) is 13.7. The number of nitrogens with zero attached hydrogens (tertiary/aromatic N) is 9. The number of Topliss-reactive ketones (excluding diaryl/α,β-unsaturated/α-hetero) is 1. The minimum absolute atomic E-state index is 0.0188. The summed E-state index contributed by atoms with van der Waals surface area (Å²) >= 11 is 12.4. The van der Waals surface area contributed by atoms with E-state index < -0.39 is 0 Å². The molecule has 0 radical (unpaired) electrons. The van der Waals surface area contributed by atoms with Crippen molar-refractivity contribution in [3.63, 3.8) is 0 Å². The summed E-state index contributed by atoms with van der Waals surface area (Å²) in [5.74, 6) is 1.15. The van der Waals surface area contributed by atoms with Gasteiger partial charge in [-0.3, -0.25) is 9.79 Å². The summed E-state index contributed by atoms with van der Waals surface area (Å²) in [5.41, 5.74) is 2.75. The first kappa shape index (κ1) is 20.5. The fraction of sp³-hybridized carbons (Fsp3) is 0.250. The van der Waals surface area contributed by atoms with Gasteiger partial charge in [0.2, 0.25) is 0 Å². The van der Waals surface area contributed by atoms with E-state index in [1.165, 1.54) is 17.2 Å². The van der Waals surface area contributed by atoms with Crippen molar-refractivity contribution in [2.45, 2.75) is 12.8 Å². The Hall–Kier alpha value is -3.37. The first-order valence-corrected chi connectivity index (χ1v) is 10.6. The molecular weight excluding hydrogens is 453 g/mol. The highest BCUT2D eigenvalue weighted by atomic mass is 35.5. The number of fused-ring (bicyclic) bond motifs is 1. The van der Waals surface area contributed by atoms with Crippen LogP contribution in [0.4, 0.5) is 0 Å². The number of carbonyl (C=O) groups is 1. The molecule has 0 fully saturated rings. The monoisotopic (exact) mass is 469 g/mol. The molecule has 0 saturated heterocycles. The molecule has 0 spiro atoms. The molecule has 5 rings (SSSR count). The smallest absolute Gasteiger partial charge is 0.193 e. The average Bonchev–Trinajstić information content (AvgIpc) is 3.49. The lowest BCUT2D eigenvalue weighted by Gasteiger charge is -2.17. The number of amidine groups is 1. The van der Waals surface area contributed by atoms with Crippen LogP contribution in [0.3, 0.4) is 0 Å². The molecule has 5 heterocycles. The first-order valence-electron chi connectivity index (χ1n) is 9.81. The molecule has 1 aliphatic heterocycles. The Morgan fingerprint density at radius 3 is 2.62 bits per heavy atom. The number of halogens is 2. The van der Waals surface area contributed by atoms with E-state index in [0.29, 0.717) is 33.7 Å². The lowest BCUT2D eigenvalue weighted by molar-refractivity contribution is -0.117. The first-order chi connectivity index (χ1) is 15.5. The molecule has 4 aromatic rings. The van der Waals surface area contributed by atoms with Gasteiger partial charge >= 0.3 is 0 Å². The Bertz CT molecular complexity index is 1350. The van der Waals surface area contributed by atoms with Crippen LogP contribution in [0.15, 0.2) is 41.9 Å². The van der Waals surface area contributed by atoms with Gasteiger partial charge in [0.25, 0.3) is 0 Å². The third-order valence-electron chi connectivity index (χ3n) is 5.08. The van der Waals surface area contributed by atoms with Crippen LogP contribution in [-0.2, 0) is 17.6 Å². The minimum atomic E-state index is -0.0188. The van der Waals surface area contributed by atoms with Crippen LogP contribution in [0.1, 0.15) is 16.8 Å². The second kappa shape index (κ2) is 8.29. The Kier molecular flexibility index (Phi) is 5.32.